The molecule has 0 aliphatic rings. The number of aliphatic hydroxyl groups excluding tert-OH is 1. The minimum atomic E-state index is -1.07. The zero-order valence-electron chi connectivity index (χ0n) is 18.8. The van der Waals surface area contributed by atoms with Crippen molar-refractivity contribution in [3.63, 3.8) is 0 Å². The maximum atomic E-state index is 13.3. The molecule has 3 rings (SSSR count). The molecule has 2 unspecified atom stereocenters. The lowest BCUT2D eigenvalue weighted by Gasteiger charge is -2.34. The van der Waals surface area contributed by atoms with Crippen molar-refractivity contribution in [2.45, 2.75) is 45.2 Å². The number of methoxy groups -OCH3 is 1. The van der Waals surface area contributed by atoms with E-state index in [1.165, 1.54) is 0 Å². The van der Waals surface area contributed by atoms with Crippen molar-refractivity contribution in [3.8, 4) is 5.75 Å². The van der Waals surface area contributed by atoms with Crippen LogP contribution in [0.25, 0.3) is 0 Å². The molecule has 1 N–H and O–H groups in total. The Kier molecular flexibility index (Phi) is 8.42. The lowest BCUT2D eigenvalue weighted by molar-refractivity contribution is -0.159. The third-order valence-electron chi connectivity index (χ3n) is 5.20. The van der Waals surface area contributed by atoms with E-state index in [0.717, 1.165) is 11.1 Å². The molecule has 0 amide bonds. The molecule has 2 atom stereocenters. The quantitative estimate of drug-likeness (QED) is 0.468. The number of aliphatic hydroxyl groups is 1. The molecule has 0 aliphatic carbocycles. The molecule has 0 aromatic heterocycles. The first-order valence-corrected chi connectivity index (χ1v) is 10.8. The topological polar surface area (TPSA) is 59.0 Å². The molecule has 0 heterocycles. The number of esters is 1. The van der Waals surface area contributed by atoms with Crippen LogP contribution in [-0.2, 0) is 22.6 Å². The SMILES string of the molecule is COc1ccc(C(O)C(C(=O)OC(C)C)N(Cc2ccccc2)Cc2ccccc2)cc1. The summed E-state index contributed by atoms with van der Waals surface area (Å²) in [5, 5.41) is 11.4. The van der Waals surface area contributed by atoms with Gasteiger partial charge in [-0.1, -0.05) is 72.8 Å². The van der Waals surface area contributed by atoms with Crippen molar-refractivity contribution < 1.29 is 19.4 Å². The molecule has 5 nitrogen and oxygen atoms in total. The molecule has 32 heavy (non-hydrogen) atoms. The van der Waals surface area contributed by atoms with Crippen LogP contribution < -0.4 is 4.74 Å². The van der Waals surface area contributed by atoms with Crippen molar-refractivity contribution >= 4 is 5.97 Å². The first kappa shape index (κ1) is 23.5. The maximum Gasteiger partial charge on any atom is 0.326 e. The minimum absolute atomic E-state index is 0.289. The Morgan fingerprint density at radius 1 is 0.844 bits per heavy atom. The predicted octanol–water partition coefficient (Wildman–Crippen LogP) is 4.75. The van der Waals surface area contributed by atoms with Gasteiger partial charge >= 0.3 is 5.97 Å². The van der Waals surface area contributed by atoms with Gasteiger partial charge < -0.3 is 14.6 Å². The van der Waals surface area contributed by atoms with Crippen molar-refractivity contribution in [3.05, 3.63) is 102 Å². The van der Waals surface area contributed by atoms with Gasteiger partial charge in [0, 0.05) is 13.1 Å². The smallest absolute Gasteiger partial charge is 0.326 e. The molecule has 5 heteroatoms. The average molecular weight is 434 g/mol. The van der Waals surface area contributed by atoms with E-state index in [-0.39, 0.29) is 6.10 Å². The van der Waals surface area contributed by atoms with Gasteiger partial charge in [-0.25, -0.2) is 0 Å². The maximum absolute atomic E-state index is 13.3. The summed E-state index contributed by atoms with van der Waals surface area (Å²) in [6, 6.07) is 26.1. The molecular formula is C27H31NO4. The molecule has 0 fully saturated rings. The van der Waals surface area contributed by atoms with Gasteiger partial charge in [-0.05, 0) is 42.7 Å². The predicted molar refractivity (Wildman–Crippen MR) is 125 cm³/mol. The standard InChI is InChI=1S/C27H31NO4/c1-20(2)32-27(30)25(26(29)23-14-16-24(31-3)17-15-23)28(18-21-10-6-4-7-11-21)19-22-12-8-5-9-13-22/h4-17,20,25-26,29H,18-19H2,1-3H3. The molecular weight excluding hydrogens is 402 g/mol. The van der Waals surface area contributed by atoms with Gasteiger partial charge in [0.2, 0.25) is 0 Å². The van der Waals surface area contributed by atoms with E-state index in [4.69, 9.17) is 9.47 Å². The van der Waals surface area contributed by atoms with Gasteiger partial charge in [-0.3, -0.25) is 9.69 Å². The van der Waals surface area contributed by atoms with E-state index in [9.17, 15) is 9.90 Å². The summed E-state index contributed by atoms with van der Waals surface area (Å²) in [5.74, 6) is 0.239. The first-order chi connectivity index (χ1) is 15.5. The van der Waals surface area contributed by atoms with Crippen LogP contribution in [0.3, 0.4) is 0 Å². The van der Waals surface area contributed by atoms with Gasteiger partial charge in [0.05, 0.1) is 13.2 Å². The Labute approximate surface area is 190 Å². The van der Waals surface area contributed by atoms with Crippen molar-refractivity contribution in [2.24, 2.45) is 0 Å². The fourth-order valence-electron chi connectivity index (χ4n) is 3.65. The Hall–Kier alpha value is -3.15. The summed E-state index contributed by atoms with van der Waals surface area (Å²) in [4.78, 5) is 15.2. The lowest BCUT2D eigenvalue weighted by atomic mass is 9.99. The van der Waals surface area contributed by atoms with Gasteiger partial charge in [-0.2, -0.15) is 0 Å². The Balaban J connectivity index is 1.98. The number of nitrogens with zero attached hydrogens (tertiary/aromatic N) is 1. The van der Waals surface area contributed by atoms with Gasteiger partial charge in [0.1, 0.15) is 17.9 Å². The van der Waals surface area contributed by atoms with Crippen LogP contribution in [0.2, 0.25) is 0 Å². The summed E-state index contributed by atoms with van der Waals surface area (Å²) < 4.78 is 10.8. The lowest BCUT2D eigenvalue weighted by Crippen LogP contribution is -2.46. The number of hydrogen-bond acceptors (Lipinski definition) is 5. The van der Waals surface area contributed by atoms with Crippen LogP contribution in [0.1, 0.15) is 36.6 Å². The number of rotatable bonds is 10. The van der Waals surface area contributed by atoms with E-state index >= 15 is 0 Å². The van der Waals surface area contributed by atoms with E-state index in [1.54, 1.807) is 31.4 Å². The van der Waals surface area contributed by atoms with Crippen LogP contribution in [0, 0.1) is 0 Å². The van der Waals surface area contributed by atoms with E-state index in [1.807, 2.05) is 79.4 Å². The molecule has 0 bridgehead atoms. The second-order valence-corrected chi connectivity index (χ2v) is 8.02. The summed E-state index contributed by atoms with van der Waals surface area (Å²) in [5.41, 5.74) is 2.73. The van der Waals surface area contributed by atoms with Crippen LogP contribution in [0.15, 0.2) is 84.9 Å². The van der Waals surface area contributed by atoms with Gasteiger partial charge in [0.15, 0.2) is 0 Å². The average Bonchev–Trinajstić information content (AvgIpc) is 2.80. The van der Waals surface area contributed by atoms with Gasteiger partial charge in [0.25, 0.3) is 0 Å². The molecule has 3 aromatic carbocycles. The van der Waals surface area contributed by atoms with E-state index in [2.05, 4.69) is 0 Å². The first-order valence-electron chi connectivity index (χ1n) is 10.8. The molecule has 0 spiro atoms. The van der Waals surface area contributed by atoms with Crippen molar-refractivity contribution in [2.75, 3.05) is 7.11 Å². The summed E-state index contributed by atoms with van der Waals surface area (Å²) >= 11 is 0. The number of carbonyl (C=O) groups excluding carboxylic acids is 1. The molecule has 168 valence electrons. The summed E-state index contributed by atoms with van der Waals surface area (Å²) in [6.45, 7) is 4.60. The second kappa shape index (κ2) is 11.5. The normalized spacial score (nSPS) is 13.1. The zero-order valence-corrected chi connectivity index (χ0v) is 18.8. The summed E-state index contributed by atoms with van der Waals surface area (Å²) in [7, 11) is 1.59. The molecule has 0 radical (unpaired) electrons. The number of carbonyl (C=O) groups is 1. The van der Waals surface area contributed by atoms with Crippen LogP contribution in [0.5, 0.6) is 5.75 Å². The molecule has 3 aromatic rings. The Morgan fingerprint density at radius 2 is 1.34 bits per heavy atom. The fraction of sp³-hybridized carbons (Fsp3) is 0.296. The second-order valence-electron chi connectivity index (χ2n) is 8.02. The van der Waals surface area contributed by atoms with Crippen molar-refractivity contribution in [1.82, 2.24) is 4.90 Å². The van der Waals surface area contributed by atoms with Crippen LogP contribution in [0.4, 0.5) is 0 Å². The number of ether oxygens (including phenoxy) is 2. The minimum Gasteiger partial charge on any atom is -0.497 e. The summed E-state index contributed by atoms with van der Waals surface area (Å²) in [6.07, 6.45) is -1.36. The number of hydrogen-bond donors (Lipinski definition) is 1. The van der Waals surface area contributed by atoms with Crippen molar-refractivity contribution in [1.29, 1.82) is 0 Å². The van der Waals surface area contributed by atoms with E-state index in [0.29, 0.717) is 24.4 Å². The highest BCUT2D eigenvalue weighted by Crippen LogP contribution is 2.27. The molecule has 0 saturated heterocycles. The van der Waals surface area contributed by atoms with Crippen LogP contribution >= 0.6 is 0 Å². The third-order valence-corrected chi connectivity index (χ3v) is 5.20. The van der Waals surface area contributed by atoms with E-state index < -0.39 is 18.1 Å². The fourth-order valence-corrected chi connectivity index (χ4v) is 3.65. The van der Waals surface area contributed by atoms with Gasteiger partial charge in [-0.15, -0.1) is 0 Å². The Bertz CT molecular complexity index is 916. The molecule has 0 saturated carbocycles. The third kappa shape index (κ3) is 6.42. The Morgan fingerprint density at radius 3 is 1.78 bits per heavy atom. The molecule has 0 aliphatic heterocycles. The highest BCUT2D eigenvalue weighted by atomic mass is 16.5. The largest absolute Gasteiger partial charge is 0.497 e. The zero-order chi connectivity index (χ0) is 22.9. The van der Waals surface area contributed by atoms with Crippen LogP contribution in [-0.4, -0.2) is 35.2 Å². The number of benzene rings is 3. The highest BCUT2D eigenvalue weighted by molar-refractivity contribution is 5.77. The monoisotopic (exact) mass is 433 g/mol. The highest BCUT2D eigenvalue weighted by Gasteiger charge is 2.36.